The fourth-order valence-corrected chi connectivity index (χ4v) is 2.74. The molecule has 2 rings (SSSR count). The van der Waals surface area contributed by atoms with Gasteiger partial charge in [-0.25, -0.2) is 0 Å². The summed E-state index contributed by atoms with van der Waals surface area (Å²) >= 11 is 0. The molecule has 0 aliphatic heterocycles. The number of carbonyl (C=O) groups is 1. The van der Waals surface area contributed by atoms with E-state index in [0.29, 0.717) is 24.8 Å². The molecule has 0 aliphatic rings. The minimum Gasteiger partial charge on any atom is -0.354 e. The number of carbonyl (C=O) groups excluding carboxylic acids is 1. The van der Waals surface area contributed by atoms with E-state index in [1.165, 1.54) is 5.56 Å². The van der Waals surface area contributed by atoms with Crippen molar-refractivity contribution in [3.8, 4) is 0 Å². The maximum absolute atomic E-state index is 12.3. The largest absolute Gasteiger partial charge is 0.354 e. The third-order valence-corrected chi connectivity index (χ3v) is 4.16. The Hall–Kier alpha value is -2.13. The van der Waals surface area contributed by atoms with Crippen molar-refractivity contribution in [3.63, 3.8) is 0 Å². The van der Waals surface area contributed by atoms with Crippen LogP contribution in [0.1, 0.15) is 30.9 Å². The zero-order valence-electron chi connectivity index (χ0n) is 13.9. The molecular weight excluding hydrogens is 284 g/mol. The molecular formula is C20H26N2O. The summed E-state index contributed by atoms with van der Waals surface area (Å²) in [4.78, 5) is 12.3. The van der Waals surface area contributed by atoms with Gasteiger partial charge in [0.2, 0.25) is 5.91 Å². The van der Waals surface area contributed by atoms with Gasteiger partial charge in [-0.15, -0.1) is 0 Å². The van der Waals surface area contributed by atoms with Gasteiger partial charge in [-0.1, -0.05) is 74.5 Å². The van der Waals surface area contributed by atoms with Crippen molar-refractivity contribution in [3.05, 3.63) is 71.8 Å². The van der Waals surface area contributed by atoms with Gasteiger partial charge in [0.15, 0.2) is 0 Å². The van der Waals surface area contributed by atoms with E-state index < -0.39 is 6.04 Å². The SMILES string of the molecule is CC(C)C(CNC(=O)C(N)Cc1ccccc1)c1ccccc1. The number of rotatable bonds is 7. The van der Waals surface area contributed by atoms with Gasteiger partial charge in [-0.05, 0) is 23.5 Å². The molecule has 122 valence electrons. The maximum Gasteiger partial charge on any atom is 0.237 e. The molecule has 2 unspecified atom stereocenters. The molecule has 0 aromatic heterocycles. The average Bonchev–Trinajstić information content (AvgIpc) is 2.56. The summed E-state index contributed by atoms with van der Waals surface area (Å²) in [5.74, 6) is 0.655. The highest BCUT2D eigenvalue weighted by atomic mass is 16.2. The lowest BCUT2D eigenvalue weighted by Crippen LogP contribution is -2.43. The first-order valence-electron chi connectivity index (χ1n) is 8.20. The topological polar surface area (TPSA) is 55.1 Å². The second-order valence-electron chi connectivity index (χ2n) is 6.30. The van der Waals surface area contributed by atoms with E-state index in [1.807, 2.05) is 48.5 Å². The Morgan fingerprint density at radius 2 is 1.57 bits per heavy atom. The molecule has 3 heteroatoms. The quantitative estimate of drug-likeness (QED) is 0.825. The van der Waals surface area contributed by atoms with E-state index in [0.717, 1.165) is 5.56 Å². The molecule has 0 spiro atoms. The lowest BCUT2D eigenvalue weighted by molar-refractivity contribution is -0.122. The summed E-state index contributed by atoms with van der Waals surface area (Å²) in [6.45, 7) is 4.96. The summed E-state index contributed by atoms with van der Waals surface area (Å²) < 4.78 is 0. The van der Waals surface area contributed by atoms with Gasteiger partial charge >= 0.3 is 0 Å². The van der Waals surface area contributed by atoms with Crippen LogP contribution in [0.3, 0.4) is 0 Å². The van der Waals surface area contributed by atoms with Crippen LogP contribution in [0.25, 0.3) is 0 Å². The van der Waals surface area contributed by atoms with Gasteiger partial charge in [-0.2, -0.15) is 0 Å². The third kappa shape index (κ3) is 5.22. The first kappa shape index (κ1) is 17.2. The van der Waals surface area contributed by atoms with Crippen molar-refractivity contribution < 1.29 is 4.79 Å². The molecule has 0 fully saturated rings. The monoisotopic (exact) mass is 310 g/mol. The van der Waals surface area contributed by atoms with E-state index in [1.54, 1.807) is 0 Å². The predicted molar refractivity (Wildman–Crippen MR) is 95.2 cm³/mol. The minimum atomic E-state index is -0.513. The van der Waals surface area contributed by atoms with Gasteiger partial charge < -0.3 is 11.1 Å². The lowest BCUT2D eigenvalue weighted by Gasteiger charge is -2.23. The summed E-state index contributed by atoms with van der Waals surface area (Å²) in [5.41, 5.74) is 8.37. The Morgan fingerprint density at radius 3 is 2.13 bits per heavy atom. The summed E-state index contributed by atoms with van der Waals surface area (Å²) in [5, 5.41) is 3.02. The van der Waals surface area contributed by atoms with Crippen LogP contribution in [0.4, 0.5) is 0 Å². The van der Waals surface area contributed by atoms with Crippen LogP contribution in [-0.2, 0) is 11.2 Å². The van der Waals surface area contributed by atoms with E-state index in [2.05, 4.69) is 31.3 Å². The van der Waals surface area contributed by atoms with Crippen LogP contribution in [0.15, 0.2) is 60.7 Å². The number of amides is 1. The first-order chi connectivity index (χ1) is 11.1. The highest BCUT2D eigenvalue weighted by Gasteiger charge is 2.19. The zero-order valence-corrected chi connectivity index (χ0v) is 13.9. The van der Waals surface area contributed by atoms with Crippen LogP contribution in [-0.4, -0.2) is 18.5 Å². The summed E-state index contributed by atoms with van der Waals surface area (Å²) in [6.07, 6.45) is 0.560. The van der Waals surface area contributed by atoms with Crippen molar-refractivity contribution >= 4 is 5.91 Å². The van der Waals surface area contributed by atoms with E-state index >= 15 is 0 Å². The first-order valence-corrected chi connectivity index (χ1v) is 8.20. The molecule has 0 radical (unpaired) electrons. The summed E-state index contributed by atoms with van der Waals surface area (Å²) in [6, 6.07) is 19.7. The third-order valence-electron chi connectivity index (χ3n) is 4.16. The normalized spacial score (nSPS) is 13.6. The lowest BCUT2D eigenvalue weighted by atomic mass is 9.88. The molecule has 2 atom stereocenters. The second-order valence-corrected chi connectivity index (χ2v) is 6.30. The minimum absolute atomic E-state index is 0.0876. The fraction of sp³-hybridized carbons (Fsp3) is 0.350. The number of nitrogens with two attached hydrogens (primary N) is 1. The molecule has 0 heterocycles. The molecule has 2 aromatic rings. The Bertz CT molecular complexity index is 596. The molecule has 0 saturated carbocycles. The summed E-state index contributed by atoms with van der Waals surface area (Å²) in [7, 11) is 0. The van der Waals surface area contributed by atoms with E-state index in [-0.39, 0.29) is 5.91 Å². The molecule has 1 amide bonds. The van der Waals surface area contributed by atoms with Gasteiger partial charge in [0.1, 0.15) is 0 Å². The van der Waals surface area contributed by atoms with Crippen LogP contribution < -0.4 is 11.1 Å². The van der Waals surface area contributed by atoms with E-state index in [9.17, 15) is 4.79 Å². The second kappa shape index (κ2) is 8.49. The van der Waals surface area contributed by atoms with Crippen LogP contribution in [0.5, 0.6) is 0 Å². The Morgan fingerprint density at radius 1 is 1.00 bits per heavy atom. The molecule has 2 aromatic carbocycles. The molecule has 3 N–H and O–H groups in total. The van der Waals surface area contributed by atoms with Crippen molar-refractivity contribution in [1.82, 2.24) is 5.32 Å². The van der Waals surface area contributed by atoms with Gasteiger partial charge in [0.25, 0.3) is 0 Å². The van der Waals surface area contributed by atoms with Crippen molar-refractivity contribution in [2.24, 2.45) is 11.7 Å². The maximum atomic E-state index is 12.3. The van der Waals surface area contributed by atoms with Crippen molar-refractivity contribution in [2.75, 3.05) is 6.54 Å². The molecule has 0 aliphatic carbocycles. The van der Waals surface area contributed by atoms with Gasteiger partial charge in [0.05, 0.1) is 6.04 Å². The zero-order chi connectivity index (χ0) is 16.7. The molecule has 0 saturated heterocycles. The Kier molecular flexibility index (Phi) is 6.36. The number of hydrogen-bond acceptors (Lipinski definition) is 2. The van der Waals surface area contributed by atoms with E-state index in [4.69, 9.17) is 5.73 Å². The van der Waals surface area contributed by atoms with Crippen LogP contribution in [0.2, 0.25) is 0 Å². The van der Waals surface area contributed by atoms with Gasteiger partial charge in [-0.3, -0.25) is 4.79 Å². The molecule has 3 nitrogen and oxygen atoms in total. The van der Waals surface area contributed by atoms with Crippen molar-refractivity contribution in [1.29, 1.82) is 0 Å². The van der Waals surface area contributed by atoms with Crippen molar-refractivity contribution in [2.45, 2.75) is 32.2 Å². The smallest absolute Gasteiger partial charge is 0.237 e. The van der Waals surface area contributed by atoms with Crippen LogP contribution >= 0.6 is 0 Å². The molecule has 23 heavy (non-hydrogen) atoms. The highest BCUT2D eigenvalue weighted by molar-refractivity contribution is 5.81. The number of benzene rings is 2. The fourth-order valence-electron chi connectivity index (χ4n) is 2.74. The number of nitrogens with one attached hydrogen (secondary N) is 1. The predicted octanol–water partition coefficient (Wildman–Crippen LogP) is 3.11. The number of hydrogen-bond donors (Lipinski definition) is 2. The van der Waals surface area contributed by atoms with Gasteiger partial charge in [0, 0.05) is 12.5 Å². The average molecular weight is 310 g/mol. The van der Waals surface area contributed by atoms with Crippen LogP contribution in [0, 0.1) is 5.92 Å². The Labute approximate surface area is 138 Å². The molecule has 0 bridgehead atoms. The highest BCUT2D eigenvalue weighted by Crippen LogP contribution is 2.23. The Balaban J connectivity index is 1.91. The standard InChI is InChI=1S/C20H26N2O/c1-15(2)18(17-11-7-4-8-12-17)14-22-20(23)19(21)13-16-9-5-3-6-10-16/h3-12,15,18-19H,13-14,21H2,1-2H3,(H,22,23).